The van der Waals surface area contributed by atoms with E-state index in [4.69, 9.17) is 4.98 Å². The number of rotatable bonds is 6. The normalized spacial score (nSPS) is 11.1. The van der Waals surface area contributed by atoms with Gasteiger partial charge >= 0.3 is 0 Å². The second-order valence-electron chi connectivity index (χ2n) is 6.36. The van der Waals surface area contributed by atoms with Gasteiger partial charge < -0.3 is 9.88 Å². The number of nitrogens with one attached hydrogen (secondary N) is 1. The molecule has 0 saturated heterocycles. The van der Waals surface area contributed by atoms with Crippen LogP contribution in [0.2, 0.25) is 0 Å². The lowest BCUT2D eigenvalue weighted by molar-refractivity contribution is 0.0949. The Kier molecular flexibility index (Phi) is 5.24. The average molecular weight is 368 g/mol. The minimum atomic E-state index is -0.161. The molecule has 0 fully saturated rings. The van der Waals surface area contributed by atoms with Crippen molar-refractivity contribution in [1.82, 2.24) is 19.9 Å². The Bertz CT molecular complexity index is 1100. The fourth-order valence-corrected chi connectivity index (χ4v) is 3.08. The van der Waals surface area contributed by atoms with Crippen LogP contribution in [0.15, 0.2) is 85.2 Å². The first kappa shape index (κ1) is 17.7. The number of para-hydroxylation sites is 2. The number of pyridine rings is 1. The van der Waals surface area contributed by atoms with Gasteiger partial charge in [-0.25, -0.2) is 4.98 Å². The van der Waals surface area contributed by atoms with Crippen LogP contribution < -0.4 is 5.32 Å². The van der Waals surface area contributed by atoms with Gasteiger partial charge in [-0.2, -0.15) is 0 Å². The van der Waals surface area contributed by atoms with Crippen molar-refractivity contribution in [2.24, 2.45) is 0 Å². The molecule has 0 radical (unpaired) electrons. The van der Waals surface area contributed by atoms with E-state index < -0.39 is 0 Å². The number of amides is 1. The zero-order chi connectivity index (χ0) is 19.2. The Morgan fingerprint density at radius 2 is 1.82 bits per heavy atom. The van der Waals surface area contributed by atoms with Crippen LogP contribution in [-0.4, -0.2) is 20.4 Å². The van der Waals surface area contributed by atoms with Crippen LogP contribution in [-0.2, 0) is 13.1 Å². The molecule has 0 aliphatic heterocycles. The number of nitrogens with zero attached hydrogens (tertiary/aromatic N) is 3. The zero-order valence-electron chi connectivity index (χ0n) is 15.3. The Balaban J connectivity index is 1.55. The van der Waals surface area contributed by atoms with Gasteiger partial charge in [-0.15, -0.1) is 0 Å². The summed E-state index contributed by atoms with van der Waals surface area (Å²) in [5.74, 6) is 0.655. The van der Waals surface area contributed by atoms with Crippen LogP contribution >= 0.6 is 0 Å². The highest BCUT2D eigenvalue weighted by atomic mass is 16.1. The molecule has 1 N–H and O–H groups in total. The van der Waals surface area contributed by atoms with Crippen molar-refractivity contribution >= 4 is 23.0 Å². The maximum absolute atomic E-state index is 12.3. The molecule has 1 amide bonds. The summed E-state index contributed by atoms with van der Waals surface area (Å²) in [4.78, 5) is 21.0. The minimum absolute atomic E-state index is 0.161. The van der Waals surface area contributed by atoms with Gasteiger partial charge in [0.25, 0.3) is 5.91 Å². The minimum Gasteiger partial charge on any atom is -0.345 e. The molecule has 0 unspecified atom stereocenters. The number of imidazole rings is 1. The van der Waals surface area contributed by atoms with E-state index in [2.05, 4.69) is 39.2 Å². The third-order valence-electron chi connectivity index (χ3n) is 4.46. The Morgan fingerprint density at radius 1 is 1.00 bits per heavy atom. The first-order valence-corrected chi connectivity index (χ1v) is 9.15. The van der Waals surface area contributed by atoms with Gasteiger partial charge in [0.15, 0.2) is 0 Å². The molecule has 5 heteroatoms. The topological polar surface area (TPSA) is 59.8 Å². The third kappa shape index (κ3) is 3.99. The highest BCUT2D eigenvalue weighted by Gasteiger charge is 2.11. The molecule has 0 bridgehead atoms. The maximum Gasteiger partial charge on any atom is 0.253 e. The first-order valence-electron chi connectivity index (χ1n) is 9.15. The summed E-state index contributed by atoms with van der Waals surface area (Å²) in [6.45, 7) is 1.02. The summed E-state index contributed by atoms with van der Waals surface area (Å²) in [7, 11) is 0. The van der Waals surface area contributed by atoms with Crippen molar-refractivity contribution in [1.29, 1.82) is 0 Å². The Hall–Kier alpha value is -3.73. The van der Waals surface area contributed by atoms with Crippen LogP contribution in [0.3, 0.4) is 0 Å². The predicted molar refractivity (Wildman–Crippen MR) is 111 cm³/mol. The van der Waals surface area contributed by atoms with E-state index in [0.717, 1.165) is 22.4 Å². The van der Waals surface area contributed by atoms with E-state index in [9.17, 15) is 4.79 Å². The number of hydrogen-bond donors (Lipinski definition) is 1. The number of fused-ring (bicyclic) bond motifs is 1. The molecule has 138 valence electrons. The molecule has 0 atom stereocenters. The molecule has 5 nitrogen and oxygen atoms in total. The van der Waals surface area contributed by atoms with Gasteiger partial charge in [0.1, 0.15) is 5.82 Å². The molecule has 2 heterocycles. The molecule has 0 saturated carbocycles. The van der Waals surface area contributed by atoms with Gasteiger partial charge in [0.05, 0.1) is 23.1 Å². The molecule has 4 aromatic rings. The second-order valence-corrected chi connectivity index (χ2v) is 6.36. The SMILES string of the molecule is O=C(NCc1nc2ccccc2n1C/C=C/c1ccccc1)c1cccnc1. The quantitative estimate of drug-likeness (QED) is 0.558. The molecular weight excluding hydrogens is 348 g/mol. The van der Waals surface area contributed by atoms with Crippen LogP contribution in [0, 0.1) is 0 Å². The number of allylic oxidation sites excluding steroid dienone is 1. The zero-order valence-corrected chi connectivity index (χ0v) is 15.3. The third-order valence-corrected chi connectivity index (χ3v) is 4.46. The van der Waals surface area contributed by atoms with Crippen LogP contribution in [0.5, 0.6) is 0 Å². The van der Waals surface area contributed by atoms with Crippen molar-refractivity contribution in [3.8, 4) is 0 Å². The smallest absolute Gasteiger partial charge is 0.253 e. The molecule has 28 heavy (non-hydrogen) atoms. The van der Waals surface area contributed by atoms with Crippen molar-refractivity contribution in [3.05, 3.63) is 102 Å². The summed E-state index contributed by atoms with van der Waals surface area (Å²) in [6, 6.07) is 21.7. The van der Waals surface area contributed by atoms with Gasteiger partial charge in [0, 0.05) is 18.9 Å². The van der Waals surface area contributed by atoms with Crippen molar-refractivity contribution in [2.75, 3.05) is 0 Å². The lowest BCUT2D eigenvalue weighted by Crippen LogP contribution is -2.24. The van der Waals surface area contributed by atoms with E-state index in [1.165, 1.54) is 0 Å². The van der Waals surface area contributed by atoms with E-state index in [0.29, 0.717) is 18.7 Å². The summed E-state index contributed by atoms with van der Waals surface area (Å²) in [6.07, 6.45) is 7.40. The van der Waals surface area contributed by atoms with Crippen molar-refractivity contribution in [3.63, 3.8) is 0 Å². The average Bonchev–Trinajstić information content (AvgIpc) is 3.11. The van der Waals surface area contributed by atoms with Crippen molar-refractivity contribution in [2.45, 2.75) is 13.1 Å². The maximum atomic E-state index is 12.3. The Labute approximate surface area is 163 Å². The number of carbonyl (C=O) groups excluding carboxylic acids is 1. The first-order chi connectivity index (χ1) is 13.8. The number of carbonyl (C=O) groups is 1. The fourth-order valence-electron chi connectivity index (χ4n) is 3.08. The highest BCUT2D eigenvalue weighted by Crippen LogP contribution is 2.16. The van der Waals surface area contributed by atoms with E-state index >= 15 is 0 Å². The van der Waals surface area contributed by atoms with Gasteiger partial charge in [-0.3, -0.25) is 9.78 Å². The van der Waals surface area contributed by atoms with E-state index in [-0.39, 0.29) is 5.91 Å². The van der Waals surface area contributed by atoms with Crippen molar-refractivity contribution < 1.29 is 4.79 Å². The summed E-state index contributed by atoms with van der Waals surface area (Å²) in [5, 5.41) is 2.94. The molecule has 2 aromatic heterocycles. The Morgan fingerprint density at radius 3 is 2.64 bits per heavy atom. The lowest BCUT2D eigenvalue weighted by Gasteiger charge is -2.08. The largest absolute Gasteiger partial charge is 0.345 e. The molecule has 0 aliphatic carbocycles. The van der Waals surface area contributed by atoms with Crippen LogP contribution in [0.1, 0.15) is 21.7 Å². The number of hydrogen-bond acceptors (Lipinski definition) is 3. The van der Waals surface area contributed by atoms with Crippen LogP contribution in [0.25, 0.3) is 17.1 Å². The molecule has 0 aliphatic rings. The lowest BCUT2D eigenvalue weighted by atomic mass is 10.2. The molecular formula is C23H20N4O. The van der Waals surface area contributed by atoms with Gasteiger partial charge in [-0.05, 0) is 29.8 Å². The monoisotopic (exact) mass is 368 g/mol. The van der Waals surface area contributed by atoms with Gasteiger partial charge in [-0.1, -0.05) is 54.6 Å². The molecule has 0 spiro atoms. The molecule has 4 rings (SSSR count). The highest BCUT2D eigenvalue weighted by molar-refractivity contribution is 5.93. The fraction of sp³-hybridized carbons (Fsp3) is 0.0870. The summed E-state index contributed by atoms with van der Waals surface area (Å²) in [5.41, 5.74) is 3.65. The molecule has 2 aromatic carbocycles. The van der Waals surface area contributed by atoms with Gasteiger partial charge in [0.2, 0.25) is 0 Å². The predicted octanol–water partition coefficient (Wildman–Crippen LogP) is 4.07. The van der Waals surface area contributed by atoms with Crippen LogP contribution in [0.4, 0.5) is 0 Å². The van der Waals surface area contributed by atoms with E-state index in [1.54, 1.807) is 24.5 Å². The number of aromatic nitrogens is 3. The number of benzene rings is 2. The summed E-state index contributed by atoms with van der Waals surface area (Å²) >= 11 is 0. The van der Waals surface area contributed by atoms with E-state index in [1.807, 2.05) is 42.5 Å². The second kappa shape index (κ2) is 8.31. The standard InChI is InChI=1S/C23H20N4O/c28-23(19-11-6-14-24-16-19)25-17-22-26-20-12-4-5-13-21(20)27(22)15-7-10-18-8-2-1-3-9-18/h1-14,16H,15,17H2,(H,25,28)/b10-7+. The summed E-state index contributed by atoms with van der Waals surface area (Å²) < 4.78 is 2.12.